The van der Waals surface area contributed by atoms with Gasteiger partial charge in [-0.15, -0.1) is 0 Å². The number of hydrogen-bond acceptors (Lipinski definition) is 4. The molecule has 1 saturated heterocycles. The van der Waals surface area contributed by atoms with Gasteiger partial charge < -0.3 is 19.7 Å². The van der Waals surface area contributed by atoms with Gasteiger partial charge in [-0.05, 0) is 19.1 Å². The molecule has 0 aromatic carbocycles. The third-order valence-electron chi connectivity index (χ3n) is 3.04. The first-order valence-electron chi connectivity index (χ1n) is 5.80. The number of aryl methyl sites for hydroxylation is 1. The maximum Gasteiger partial charge on any atom is 0.290 e. The highest BCUT2D eigenvalue weighted by molar-refractivity contribution is 5.96. The minimum atomic E-state index is -0.674. The van der Waals surface area contributed by atoms with E-state index in [2.05, 4.69) is 5.32 Å². The quantitative estimate of drug-likeness (QED) is 0.770. The number of nitrogens with zero attached hydrogens (tertiary/aromatic N) is 1. The highest BCUT2D eigenvalue weighted by Crippen LogP contribution is 2.21. The van der Waals surface area contributed by atoms with Crippen LogP contribution in [-0.2, 0) is 4.79 Å². The van der Waals surface area contributed by atoms with E-state index < -0.39 is 12.1 Å². The van der Waals surface area contributed by atoms with Gasteiger partial charge in [-0.3, -0.25) is 9.59 Å². The fourth-order valence-corrected chi connectivity index (χ4v) is 2.14. The molecule has 0 radical (unpaired) electrons. The minimum absolute atomic E-state index is 0.149. The van der Waals surface area contributed by atoms with Crippen molar-refractivity contribution in [2.24, 2.45) is 0 Å². The molecule has 1 aliphatic heterocycles. The summed E-state index contributed by atoms with van der Waals surface area (Å²) in [4.78, 5) is 25.2. The van der Waals surface area contributed by atoms with E-state index in [4.69, 9.17) is 4.42 Å². The summed E-state index contributed by atoms with van der Waals surface area (Å²) in [6, 6.07) is 2.63. The zero-order chi connectivity index (χ0) is 13.3. The van der Waals surface area contributed by atoms with Gasteiger partial charge >= 0.3 is 0 Å². The smallest absolute Gasteiger partial charge is 0.290 e. The Morgan fingerprint density at radius 1 is 1.50 bits per heavy atom. The lowest BCUT2D eigenvalue weighted by Crippen LogP contribution is -2.44. The molecule has 2 unspecified atom stereocenters. The van der Waals surface area contributed by atoms with E-state index in [-0.39, 0.29) is 30.5 Å². The molecule has 1 fully saturated rings. The van der Waals surface area contributed by atoms with Crippen molar-refractivity contribution in [2.45, 2.75) is 25.5 Å². The average molecular weight is 252 g/mol. The summed E-state index contributed by atoms with van der Waals surface area (Å²) in [7, 11) is 1.51. The summed E-state index contributed by atoms with van der Waals surface area (Å²) in [6.07, 6.45) is -0.419. The van der Waals surface area contributed by atoms with Crippen molar-refractivity contribution >= 4 is 11.8 Å². The lowest BCUT2D eigenvalue weighted by Gasteiger charge is -2.21. The van der Waals surface area contributed by atoms with Crippen molar-refractivity contribution in [1.82, 2.24) is 10.2 Å². The van der Waals surface area contributed by atoms with Crippen LogP contribution in [0.5, 0.6) is 0 Å². The molecule has 2 atom stereocenters. The molecule has 2 amide bonds. The first kappa shape index (κ1) is 12.6. The van der Waals surface area contributed by atoms with Gasteiger partial charge in [0.2, 0.25) is 5.91 Å². The fraction of sp³-hybridized carbons (Fsp3) is 0.500. The second-order valence-electron chi connectivity index (χ2n) is 4.39. The summed E-state index contributed by atoms with van der Waals surface area (Å²) < 4.78 is 5.25. The van der Waals surface area contributed by atoms with E-state index in [1.165, 1.54) is 11.9 Å². The van der Waals surface area contributed by atoms with Crippen molar-refractivity contribution in [3.8, 4) is 0 Å². The van der Waals surface area contributed by atoms with Crippen LogP contribution in [0.2, 0.25) is 0 Å². The van der Waals surface area contributed by atoms with E-state index in [9.17, 15) is 14.7 Å². The molecular weight excluding hydrogens is 236 g/mol. The van der Waals surface area contributed by atoms with Crippen LogP contribution in [0, 0.1) is 6.92 Å². The van der Waals surface area contributed by atoms with Gasteiger partial charge in [-0.2, -0.15) is 0 Å². The normalized spacial score (nSPS) is 23.2. The van der Waals surface area contributed by atoms with Gasteiger partial charge in [0.05, 0.1) is 6.10 Å². The number of furan rings is 1. The van der Waals surface area contributed by atoms with Crippen LogP contribution in [0.1, 0.15) is 22.7 Å². The predicted molar refractivity (Wildman–Crippen MR) is 63.0 cm³/mol. The Labute approximate surface area is 105 Å². The Bertz CT molecular complexity index is 468. The third-order valence-corrected chi connectivity index (χ3v) is 3.04. The van der Waals surface area contributed by atoms with Gasteiger partial charge in [-0.1, -0.05) is 0 Å². The van der Waals surface area contributed by atoms with Crippen molar-refractivity contribution < 1.29 is 19.1 Å². The molecule has 0 bridgehead atoms. The molecule has 2 N–H and O–H groups in total. The molecule has 1 aromatic rings. The summed E-state index contributed by atoms with van der Waals surface area (Å²) in [6.45, 7) is 1.89. The SMILES string of the molecule is CNC(=O)C1CC(O)CN1C(=O)c1ccc(C)o1. The molecule has 0 spiro atoms. The number of carbonyl (C=O) groups excluding carboxylic acids is 2. The summed E-state index contributed by atoms with van der Waals surface area (Å²) >= 11 is 0. The van der Waals surface area contributed by atoms with Crippen LogP contribution in [0.4, 0.5) is 0 Å². The summed E-state index contributed by atoms with van der Waals surface area (Å²) in [5, 5.41) is 12.1. The standard InChI is InChI=1S/C12H16N2O4/c1-7-3-4-10(18-7)12(17)14-6-8(15)5-9(14)11(16)13-2/h3-4,8-9,15H,5-6H2,1-2H3,(H,13,16). The zero-order valence-corrected chi connectivity index (χ0v) is 10.3. The number of hydrogen-bond donors (Lipinski definition) is 2. The molecule has 6 heteroatoms. The topological polar surface area (TPSA) is 82.8 Å². The summed E-state index contributed by atoms with van der Waals surface area (Å²) in [5.74, 6) is 0.182. The molecule has 1 aliphatic rings. The van der Waals surface area contributed by atoms with Gasteiger partial charge in [0.25, 0.3) is 5.91 Å². The molecule has 2 heterocycles. The van der Waals surface area contributed by atoms with Crippen molar-refractivity contribution in [1.29, 1.82) is 0 Å². The maximum absolute atomic E-state index is 12.2. The van der Waals surface area contributed by atoms with Crippen molar-refractivity contribution in [3.05, 3.63) is 23.7 Å². The highest BCUT2D eigenvalue weighted by atomic mass is 16.4. The number of rotatable bonds is 2. The second kappa shape index (κ2) is 4.81. The second-order valence-corrected chi connectivity index (χ2v) is 4.39. The number of amides is 2. The average Bonchev–Trinajstić information content (AvgIpc) is 2.93. The molecule has 0 saturated carbocycles. The van der Waals surface area contributed by atoms with E-state index >= 15 is 0 Å². The first-order valence-corrected chi connectivity index (χ1v) is 5.80. The molecule has 1 aromatic heterocycles. The summed E-state index contributed by atoms with van der Waals surface area (Å²) in [5.41, 5.74) is 0. The first-order chi connectivity index (χ1) is 8.52. The Balaban J connectivity index is 2.20. The zero-order valence-electron chi connectivity index (χ0n) is 10.3. The Morgan fingerprint density at radius 2 is 2.22 bits per heavy atom. The lowest BCUT2D eigenvalue weighted by atomic mass is 10.2. The van der Waals surface area contributed by atoms with Crippen LogP contribution in [0.15, 0.2) is 16.5 Å². The largest absolute Gasteiger partial charge is 0.456 e. The molecule has 2 rings (SSSR count). The van der Waals surface area contributed by atoms with Crippen LogP contribution in [0.3, 0.4) is 0 Å². The van der Waals surface area contributed by atoms with Gasteiger partial charge in [0.15, 0.2) is 5.76 Å². The van der Waals surface area contributed by atoms with E-state index in [1.54, 1.807) is 19.1 Å². The Hall–Kier alpha value is -1.82. The molecule has 18 heavy (non-hydrogen) atoms. The van der Waals surface area contributed by atoms with E-state index in [0.717, 1.165) is 0 Å². The van der Waals surface area contributed by atoms with Gasteiger partial charge in [-0.25, -0.2) is 0 Å². The Kier molecular flexibility index (Phi) is 3.38. The molecule has 0 aliphatic carbocycles. The van der Waals surface area contributed by atoms with Gasteiger partial charge in [0, 0.05) is 20.0 Å². The van der Waals surface area contributed by atoms with Crippen molar-refractivity contribution in [2.75, 3.05) is 13.6 Å². The maximum atomic E-state index is 12.2. The fourth-order valence-electron chi connectivity index (χ4n) is 2.14. The number of aliphatic hydroxyl groups is 1. The lowest BCUT2D eigenvalue weighted by molar-refractivity contribution is -0.124. The number of likely N-dealkylation sites (tertiary alicyclic amines) is 1. The number of nitrogens with one attached hydrogen (secondary N) is 1. The number of aliphatic hydroxyl groups excluding tert-OH is 1. The van der Waals surface area contributed by atoms with Crippen LogP contribution in [0.25, 0.3) is 0 Å². The highest BCUT2D eigenvalue weighted by Gasteiger charge is 2.39. The molecular formula is C12H16N2O4. The predicted octanol–water partition coefficient (Wildman–Crippen LogP) is -0.0906. The number of carbonyl (C=O) groups is 2. The molecule has 6 nitrogen and oxygen atoms in total. The van der Waals surface area contributed by atoms with Gasteiger partial charge in [0.1, 0.15) is 11.8 Å². The number of likely N-dealkylation sites (N-methyl/N-ethyl adjacent to an activating group) is 1. The van der Waals surface area contributed by atoms with E-state index in [1.807, 2.05) is 0 Å². The Morgan fingerprint density at radius 3 is 2.78 bits per heavy atom. The minimum Gasteiger partial charge on any atom is -0.456 e. The number of β-amino-alcohol motifs (C(OH)–C–C–N with tert-alkyl or cyclic N) is 1. The van der Waals surface area contributed by atoms with Crippen LogP contribution in [-0.4, -0.2) is 47.6 Å². The van der Waals surface area contributed by atoms with Crippen molar-refractivity contribution in [3.63, 3.8) is 0 Å². The van der Waals surface area contributed by atoms with E-state index in [0.29, 0.717) is 5.76 Å². The molecule has 98 valence electrons. The van der Waals surface area contributed by atoms with Crippen LogP contribution < -0.4 is 5.32 Å². The monoisotopic (exact) mass is 252 g/mol. The third kappa shape index (κ3) is 2.24. The van der Waals surface area contributed by atoms with Crippen LogP contribution >= 0.6 is 0 Å².